The molecule has 0 spiro atoms. The molecule has 25 heavy (non-hydrogen) atoms. The summed E-state index contributed by atoms with van der Waals surface area (Å²) in [6, 6.07) is 3.89. The number of nitro benzene ring substituents is 1. The fraction of sp³-hybridized carbons (Fsp3) is 0.571. The van der Waals surface area contributed by atoms with Crippen LogP contribution in [0, 0.1) is 10.1 Å². The van der Waals surface area contributed by atoms with Crippen molar-refractivity contribution in [3.05, 3.63) is 28.3 Å². The summed E-state index contributed by atoms with van der Waals surface area (Å²) < 4.78 is 0. The molecule has 0 aliphatic heterocycles. The highest BCUT2D eigenvalue weighted by atomic mass is 16.6. The zero-order valence-corrected chi connectivity index (χ0v) is 13.3. The molecule has 0 fully saturated rings. The minimum Gasteiger partial charge on any atom is -0.395 e. The smallest absolute Gasteiger partial charge is 0.294 e. The van der Waals surface area contributed by atoms with Gasteiger partial charge >= 0.3 is 0 Å². The molecule has 4 unspecified atom stereocenters. The van der Waals surface area contributed by atoms with Crippen LogP contribution < -0.4 is 10.6 Å². The van der Waals surface area contributed by atoms with Gasteiger partial charge in [-0.25, -0.2) is 0 Å². The molecule has 1 rings (SSSR count). The molecule has 8 N–H and O–H groups in total. The topological polar surface area (TPSA) is 194 Å². The van der Waals surface area contributed by atoms with Crippen molar-refractivity contribution in [2.24, 2.45) is 0 Å². The number of nitrogen functional groups attached to an aromatic ring is 1. The number of hydrogen-bond donors (Lipinski definition) is 7. The van der Waals surface area contributed by atoms with Gasteiger partial charge in [-0.3, -0.25) is 10.1 Å². The Bertz CT molecular complexity index is 573. The zero-order valence-electron chi connectivity index (χ0n) is 13.3. The summed E-state index contributed by atoms with van der Waals surface area (Å²) in [5.41, 5.74) is 5.37. The first-order valence-electron chi connectivity index (χ1n) is 7.45. The maximum Gasteiger partial charge on any atom is 0.294 e. The molecule has 0 bridgehead atoms. The molecule has 11 nitrogen and oxygen atoms in total. The van der Waals surface area contributed by atoms with Crippen LogP contribution in [0.1, 0.15) is 0 Å². The van der Waals surface area contributed by atoms with Gasteiger partial charge in [-0.15, -0.1) is 0 Å². The van der Waals surface area contributed by atoms with Gasteiger partial charge in [0.2, 0.25) is 0 Å². The standard InChI is InChI=1S/C14H23N3O8/c15-9-2-1-8(5-10(9)17(24)25)16(3-4-18)6-11(20)13(22)14(23)12(21)7-19/h1-2,5,11-14,18-23H,3-4,6-7,15H2. The molecule has 0 amide bonds. The van der Waals surface area contributed by atoms with Crippen molar-refractivity contribution in [1.82, 2.24) is 0 Å². The number of aliphatic hydroxyl groups is 6. The van der Waals surface area contributed by atoms with E-state index in [2.05, 4.69) is 0 Å². The number of aliphatic hydroxyl groups excluding tert-OH is 6. The van der Waals surface area contributed by atoms with Crippen LogP contribution in [0.25, 0.3) is 0 Å². The van der Waals surface area contributed by atoms with E-state index in [4.69, 9.17) is 15.9 Å². The van der Waals surface area contributed by atoms with Crippen LogP contribution in [0.2, 0.25) is 0 Å². The molecular weight excluding hydrogens is 338 g/mol. The van der Waals surface area contributed by atoms with Gasteiger partial charge in [-0.1, -0.05) is 0 Å². The van der Waals surface area contributed by atoms with Crippen LogP contribution in [0.15, 0.2) is 18.2 Å². The Labute approximate surface area is 143 Å². The van der Waals surface area contributed by atoms with Crippen LogP contribution in [-0.2, 0) is 0 Å². The summed E-state index contributed by atoms with van der Waals surface area (Å²) in [5.74, 6) is 0. The largest absolute Gasteiger partial charge is 0.395 e. The lowest BCUT2D eigenvalue weighted by atomic mass is 10.0. The van der Waals surface area contributed by atoms with Gasteiger partial charge in [-0.2, -0.15) is 0 Å². The summed E-state index contributed by atoms with van der Waals surface area (Å²) in [4.78, 5) is 11.6. The van der Waals surface area contributed by atoms with E-state index in [0.717, 1.165) is 6.07 Å². The Morgan fingerprint density at radius 1 is 1.12 bits per heavy atom. The SMILES string of the molecule is Nc1ccc(N(CCO)CC(O)C(O)C(O)C(O)CO)cc1[N+](=O)[O-]. The molecule has 0 heterocycles. The van der Waals surface area contributed by atoms with Crippen molar-refractivity contribution >= 4 is 17.1 Å². The Balaban J connectivity index is 2.97. The molecule has 0 saturated heterocycles. The molecule has 0 aromatic heterocycles. The quantitative estimate of drug-likeness (QED) is 0.132. The maximum atomic E-state index is 11.0. The number of rotatable bonds is 10. The Kier molecular flexibility index (Phi) is 7.96. The summed E-state index contributed by atoms with van der Waals surface area (Å²) in [7, 11) is 0. The fourth-order valence-corrected chi connectivity index (χ4v) is 2.23. The van der Waals surface area contributed by atoms with E-state index in [1.165, 1.54) is 17.0 Å². The lowest BCUT2D eigenvalue weighted by molar-refractivity contribution is -0.383. The van der Waals surface area contributed by atoms with Gasteiger partial charge in [0, 0.05) is 24.8 Å². The normalized spacial score (nSPS) is 16.1. The Hall–Kier alpha value is -2.02. The highest BCUT2D eigenvalue weighted by Gasteiger charge is 2.31. The van der Waals surface area contributed by atoms with Crippen LogP contribution >= 0.6 is 0 Å². The predicted molar refractivity (Wildman–Crippen MR) is 87.9 cm³/mol. The van der Waals surface area contributed by atoms with Crippen LogP contribution in [0.5, 0.6) is 0 Å². The summed E-state index contributed by atoms with van der Waals surface area (Å²) >= 11 is 0. The van der Waals surface area contributed by atoms with Crippen molar-refractivity contribution in [3.8, 4) is 0 Å². The first-order chi connectivity index (χ1) is 11.7. The van der Waals surface area contributed by atoms with E-state index in [9.17, 15) is 30.5 Å². The molecule has 0 aliphatic rings. The summed E-state index contributed by atoms with van der Waals surface area (Å²) in [6.45, 7) is -1.49. The number of benzene rings is 1. The molecule has 1 aromatic rings. The summed E-state index contributed by atoms with van der Waals surface area (Å²) in [6.07, 6.45) is -6.79. The lowest BCUT2D eigenvalue weighted by Gasteiger charge is -2.31. The van der Waals surface area contributed by atoms with Crippen molar-refractivity contribution in [2.45, 2.75) is 24.4 Å². The minimum atomic E-state index is -1.79. The van der Waals surface area contributed by atoms with Crippen LogP contribution in [-0.4, -0.2) is 86.3 Å². The van der Waals surface area contributed by atoms with Crippen molar-refractivity contribution in [2.75, 3.05) is 36.9 Å². The van der Waals surface area contributed by atoms with Gasteiger partial charge in [0.05, 0.1) is 24.2 Å². The lowest BCUT2D eigenvalue weighted by Crippen LogP contribution is -2.50. The number of hydrogen-bond acceptors (Lipinski definition) is 10. The molecule has 0 saturated carbocycles. The first kappa shape index (κ1) is 21.0. The molecule has 142 valence electrons. The van der Waals surface area contributed by atoms with E-state index < -0.39 is 35.9 Å². The zero-order chi connectivity index (χ0) is 19.1. The second-order valence-electron chi connectivity index (χ2n) is 5.47. The van der Waals surface area contributed by atoms with Gasteiger partial charge in [0.1, 0.15) is 24.0 Å². The van der Waals surface area contributed by atoms with Crippen molar-refractivity contribution in [3.63, 3.8) is 0 Å². The second-order valence-corrected chi connectivity index (χ2v) is 5.47. The Morgan fingerprint density at radius 2 is 1.72 bits per heavy atom. The highest BCUT2D eigenvalue weighted by Crippen LogP contribution is 2.27. The van der Waals surface area contributed by atoms with Gasteiger partial charge < -0.3 is 41.3 Å². The van der Waals surface area contributed by atoms with Gasteiger partial charge in [-0.05, 0) is 12.1 Å². The average Bonchev–Trinajstić information content (AvgIpc) is 2.59. The summed E-state index contributed by atoms with van der Waals surface area (Å²) in [5, 5.41) is 67.7. The predicted octanol–water partition coefficient (Wildman–Crippen LogP) is -2.59. The highest BCUT2D eigenvalue weighted by molar-refractivity contribution is 5.66. The minimum absolute atomic E-state index is 0.0243. The molecule has 0 aliphatic carbocycles. The van der Waals surface area contributed by atoms with E-state index in [1.54, 1.807) is 0 Å². The monoisotopic (exact) mass is 361 g/mol. The first-order valence-corrected chi connectivity index (χ1v) is 7.45. The average molecular weight is 361 g/mol. The maximum absolute atomic E-state index is 11.0. The second kappa shape index (κ2) is 9.46. The van der Waals surface area contributed by atoms with E-state index in [1.807, 2.05) is 0 Å². The van der Waals surface area contributed by atoms with Crippen LogP contribution in [0.3, 0.4) is 0 Å². The molecule has 11 heteroatoms. The third-order valence-electron chi connectivity index (χ3n) is 3.68. The number of nitro groups is 1. The van der Waals surface area contributed by atoms with Crippen molar-refractivity contribution in [1.29, 1.82) is 0 Å². The number of anilines is 2. The molecule has 0 radical (unpaired) electrons. The van der Waals surface area contributed by atoms with Crippen LogP contribution in [0.4, 0.5) is 17.1 Å². The number of nitrogens with zero attached hydrogens (tertiary/aromatic N) is 2. The Morgan fingerprint density at radius 3 is 2.24 bits per heavy atom. The third-order valence-corrected chi connectivity index (χ3v) is 3.68. The molecule has 1 aromatic carbocycles. The fourth-order valence-electron chi connectivity index (χ4n) is 2.23. The third kappa shape index (κ3) is 5.49. The van der Waals surface area contributed by atoms with Crippen molar-refractivity contribution < 1.29 is 35.6 Å². The molecule has 4 atom stereocenters. The van der Waals surface area contributed by atoms with E-state index >= 15 is 0 Å². The number of nitrogens with two attached hydrogens (primary N) is 1. The van der Waals surface area contributed by atoms with E-state index in [-0.39, 0.29) is 36.8 Å². The molecular formula is C14H23N3O8. The van der Waals surface area contributed by atoms with Gasteiger partial charge in [0.25, 0.3) is 5.69 Å². The van der Waals surface area contributed by atoms with E-state index in [0.29, 0.717) is 0 Å². The van der Waals surface area contributed by atoms with Gasteiger partial charge in [0.15, 0.2) is 0 Å².